The second kappa shape index (κ2) is 16.2. The van der Waals surface area contributed by atoms with Gasteiger partial charge in [-0.3, -0.25) is 4.68 Å². The van der Waals surface area contributed by atoms with Crippen LogP contribution in [-0.2, 0) is 14.1 Å². The fourth-order valence-corrected chi connectivity index (χ4v) is 6.74. The Morgan fingerprint density at radius 2 is 1.76 bits per heavy atom. The molecule has 0 radical (unpaired) electrons. The number of pyridine rings is 1. The summed E-state index contributed by atoms with van der Waals surface area (Å²) in [5.74, 6) is 13.6. The first kappa shape index (κ1) is 37.7. The molecule has 3 aromatic heterocycles. The normalized spacial score (nSPS) is 12.2. The van der Waals surface area contributed by atoms with E-state index in [1.807, 2.05) is 76.9 Å². The van der Waals surface area contributed by atoms with E-state index in [1.54, 1.807) is 6.92 Å². The van der Waals surface area contributed by atoms with Crippen molar-refractivity contribution in [3.8, 4) is 16.9 Å². The van der Waals surface area contributed by atoms with Gasteiger partial charge >= 0.3 is 0 Å². The number of hydrazine groups is 1. The lowest BCUT2D eigenvalue weighted by molar-refractivity contribution is 0.312. The van der Waals surface area contributed by atoms with Crippen molar-refractivity contribution in [3.63, 3.8) is 0 Å². The number of aromatic nitrogens is 4. The average molecular weight is 732 g/mol. The predicted molar refractivity (Wildman–Crippen MR) is 214 cm³/mol. The molecular formula is C38H48Cl2N10O. The molecule has 13 heteroatoms. The molecule has 0 amide bonds. The molecule has 51 heavy (non-hydrogen) atoms. The van der Waals surface area contributed by atoms with Gasteiger partial charge in [-0.1, -0.05) is 29.3 Å². The fourth-order valence-electron chi connectivity index (χ4n) is 6.38. The van der Waals surface area contributed by atoms with Crippen LogP contribution in [0.15, 0.2) is 47.7 Å². The molecule has 0 unspecified atom stereocenters. The second-order valence-electron chi connectivity index (χ2n) is 12.8. The molecule has 11 nitrogen and oxygen atoms in total. The van der Waals surface area contributed by atoms with Gasteiger partial charge in [0.25, 0.3) is 0 Å². The Hall–Kier alpha value is -4.55. The number of benzene rings is 2. The fraction of sp³-hybridized carbons (Fsp3) is 0.342. The number of anilines is 2. The number of allylic oxidation sites excluding steroid dienone is 1. The van der Waals surface area contributed by atoms with E-state index in [4.69, 9.17) is 49.7 Å². The second-order valence-corrected chi connectivity index (χ2v) is 13.6. The maximum Gasteiger partial charge on any atom is 0.149 e. The van der Waals surface area contributed by atoms with E-state index in [0.717, 1.165) is 90.8 Å². The largest absolute Gasteiger partial charge is 0.494 e. The SMILES string of the molecule is CNCCNc1c(/C(=C/c2cn(C)c3ccc(N(N)/C(C)=N\N)nc23)CCCOc2cc(C)c(Cl)c(C)c2)ccc(Cl)c1-c1c(C)nn(C)c1C. The van der Waals surface area contributed by atoms with Crippen molar-refractivity contribution in [2.75, 3.05) is 37.1 Å². The molecule has 0 aliphatic rings. The lowest BCUT2D eigenvalue weighted by atomic mass is 9.91. The van der Waals surface area contributed by atoms with E-state index >= 15 is 0 Å². The summed E-state index contributed by atoms with van der Waals surface area (Å²) in [6.45, 7) is 11.8. The summed E-state index contributed by atoms with van der Waals surface area (Å²) in [4.78, 5) is 4.97. The molecule has 5 aromatic rings. The van der Waals surface area contributed by atoms with Crippen molar-refractivity contribution in [2.24, 2.45) is 30.9 Å². The summed E-state index contributed by atoms with van der Waals surface area (Å²) in [5, 5.41) is 18.3. The number of likely N-dealkylation sites (N-methyl/N-ethyl adjacent to an activating group) is 1. The van der Waals surface area contributed by atoms with Crippen molar-refractivity contribution in [1.29, 1.82) is 0 Å². The molecule has 270 valence electrons. The van der Waals surface area contributed by atoms with E-state index in [0.29, 0.717) is 36.2 Å². The third kappa shape index (κ3) is 8.02. The molecule has 0 aliphatic heterocycles. The van der Waals surface area contributed by atoms with E-state index in [1.165, 1.54) is 5.01 Å². The predicted octanol–water partition coefficient (Wildman–Crippen LogP) is 7.52. The maximum atomic E-state index is 7.07. The molecule has 0 atom stereocenters. The number of aryl methyl sites for hydroxylation is 5. The molecular weight excluding hydrogens is 683 g/mol. The molecule has 0 spiro atoms. The Labute approximate surface area is 310 Å². The average Bonchev–Trinajstić information content (AvgIpc) is 3.55. The lowest BCUT2D eigenvalue weighted by Gasteiger charge is -2.21. The number of nitrogens with one attached hydrogen (secondary N) is 2. The first-order valence-electron chi connectivity index (χ1n) is 16.9. The third-order valence-corrected chi connectivity index (χ3v) is 10.1. The van der Waals surface area contributed by atoms with Gasteiger partial charge in [0.1, 0.15) is 17.4 Å². The van der Waals surface area contributed by atoms with Gasteiger partial charge in [0.2, 0.25) is 0 Å². The summed E-state index contributed by atoms with van der Waals surface area (Å²) in [7, 11) is 5.91. The van der Waals surface area contributed by atoms with Crippen LogP contribution in [0.4, 0.5) is 11.5 Å². The summed E-state index contributed by atoms with van der Waals surface area (Å²) in [6.07, 6.45) is 5.75. The van der Waals surface area contributed by atoms with Crippen LogP contribution in [0.25, 0.3) is 33.8 Å². The minimum absolute atomic E-state index is 0.439. The number of rotatable bonds is 13. The zero-order chi connectivity index (χ0) is 37.0. The summed E-state index contributed by atoms with van der Waals surface area (Å²) >= 11 is 13.5. The standard InChI is InChI=1S/C38H48Cl2N10O/c1-22-18-29(19-23(2)36(22)40)51-17-9-10-27(20-28-21-48(7)32-13-14-33(45-37(28)32)50(42)26(5)46-41)30-11-12-31(39)35(38(30)44-16-15-43-6)34-24(3)47-49(8)25(34)4/h11-14,18-21,43-44H,9-10,15-17,41-42H2,1-8H3/b27-20+,46-26-. The summed E-state index contributed by atoms with van der Waals surface area (Å²) in [5.41, 5.74) is 11.6. The smallest absolute Gasteiger partial charge is 0.149 e. The zero-order valence-electron chi connectivity index (χ0n) is 30.7. The van der Waals surface area contributed by atoms with Crippen LogP contribution in [0.3, 0.4) is 0 Å². The highest BCUT2D eigenvalue weighted by Crippen LogP contribution is 2.44. The molecule has 0 saturated carbocycles. The van der Waals surface area contributed by atoms with Gasteiger partial charge in [0, 0.05) is 66.4 Å². The number of hydrazone groups is 1. The first-order valence-corrected chi connectivity index (χ1v) is 17.7. The Bertz CT molecular complexity index is 2090. The number of hydrogen-bond donors (Lipinski definition) is 4. The van der Waals surface area contributed by atoms with Crippen LogP contribution < -0.4 is 32.1 Å². The van der Waals surface area contributed by atoms with Gasteiger partial charge in [-0.25, -0.2) is 15.8 Å². The molecule has 0 fully saturated rings. The highest BCUT2D eigenvalue weighted by molar-refractivity contribution is 6.34. The van der Waals surface area contributed by atoms with E-state index < -0.39 is 0 Å². The summed E-state index contributed by atoms with van der Waals surface area (Å²) in [6, 6.07) is 11.9. The molecule has 6 N–H and O–H groups in total. The molecule has 3 heterocycles. The van der Waals surface area contributed by atoms with E-state index in [9.17, 15) is 0 Å². The molecule has 5 rings (SSSR count). The Morgan fingerprint density at radius 3 is 2.41 bits per heavy atom. The van der Waals surface area contributed by atoms with Gasteiger partial charge in [-0.05, 0) is 108 Å². The summed E-state index contributed by atoms with van der Waals surface area (Å²) < 4.78 is 10.2. The van der Waals surface area contributed by atoms with Gasteiger partial charge in [0.05, 0.1) is 34.0 Å². The van der Waals surface area contributed by atoms with Crippen LogP contribution in [0.1, 0.15) is 53.4 Å². The van der Waals surface area contributed by atoms with Gasteiger partial charge < -0.3 is 25.8 Å². The van der Waals surface area contributed by atoms with Gasteiger partial charge in [-0.15, -0.1) is 0 Å². The number of halogens is 2. The minimum Gasteiger partial charge on any atom is -0.494 e. The number of hydrogen-bond acceptors (Lipinski definition) is 8. The monoisotopic (exact) mass is 730 g/mol. The van der Waals surface area contributed by atoms with Crippen LogP contribution in [0.2, 0.25) is 10.0 Å². The van der Waals surface area contributed by atoms with Gasteiger partial charge in [0.15, 0.2) is 0 Å². The lowest BCUT2D eigenvalue weighted by Crippen LogP contribution is -2.37. The zero-order valence-corrected chi connectivity index (χ0v) is 32.2. The quantitative estimate of drug-likeness (QED) is 0.0321. The molecule has 0 bridgehead atoms. The molecule has 2 aromatic carbocycles. The van der Waals surface area contributed by atoms with Crippen molar-refractivity contribution in [2.45, 2.75) is 47.5 Å². The third-order valence-electron chi connectivity index (χ3n) is 9.16. The molecule has 0 saturated heterocycles. The highest BCUT2D eigenvalue weighted by atomic mass is 35.5. The van der Waals surface area contributed by atoms with Crippen LogP contribution in [-0.4, -0.2) is 51.9 Å². The Balaban J connectivity index is 1.66. The van der Waals surface area contributed by atoms with Gasteiger partial charge in [-0.2, -0.15) is 10.2 Å². The topological polar surface area (TPSA) is 137 Å². The van der Waals surface area contributed by atoms with E-state index in [-0.39, 0.29) is 0 Å². The van der Waals surface area contributed by atoms with Crippen LogP contribution >= 0.6 is 23.2 Å². The van der Waals surface area contributed by atoms with Crippen molar-refractivity contribution in [1.82, 2.24) is 24.6 Å². The number of fused-ring (bicyclic) bond motifs is 1. The maximum absolute atomic E-state index is 7.07. The Kier molecular flexibility index (Phi) is 12.0. The molecule has 0 aliphatic carbocycles. The number of ether oxygens (including phenoxy) is 1. The van der Waals surface area contributed by atoms with Crippen LogP contribution in [0, 0.1) is 27.7 Å². The number of nitrogens with zero attached hydrogens (tertiary/aromatic N) is 6. The van der Waals surface area contributed by atoms with Crippen molar-refractivity contribution in [3.05, 3.63) is 86.3 Å². The Morgan fingerprint density at radius 1 is 1.04 bits per heavy atom. The van der Waals surface area contributed by atoms with E-state index in [2.05, 4.69) is 45.6 Å². The van der Waals surface area contributed by atoms with Crippen molar-refractivity contribution >= 4 is 63.2 Å². The number of nitrogens with two attached hydrogens (primary N) is 2. The minimum atomic E-state index is 0.439. The van der Waals surface area contributed by atoms with Crippen molar-refractivity contribution < 1.29 is 4.74 Å². The highest BCUT2D eigenvalue weighted by Gasteiger charge is 2.23. The first-order chi connectivity index (χ1) is 24.4. The number of amidine groups is 1. The van der Waals surface area contributed by atoms with Crippen LogP contribution in [0.5, 0.6) is 5.75 Å².